The van der Waals surface area contributed by atoms with Crippen LogP contribution >= 0.6 is 0 Å². The first-order valence-electron chi connectivity index (χ1n) is 10.3. The van der Waals surface area contributed by atoms with E-state index in [1.54, 1.807) is 23.9 Å². The van der Waals surface area contributed by atoms with Gasteiger partial charge in [0, 0.05) is 49.6 Å². The van der Waals surface area contributed by atoms with E-state index in [1.165, 1.54) is 18.3 Å². The van der Waals surface area contributed by atoms with Gasteiger partial charge in [-0.25, -0.2) is 4.98 Å². The number of benzene rings is 2. The zero-order valence-corrected chi connectivity index (χ0v) is 17.9. The summed E-state index contributed by atoms with van der Waals surface area (Å²) in [5.41, 5.74) is 1.92. The maximum atomic E-state index is 12.7. The predicted octanol–water partition coefficient (Wildman–Crippen LogP) is 4.17. The molecule has 9 heteroatoms. The van der Waals surface area contributed by atoms with Gasteiger partial charge in [-0.2, -0.15) is 0 Å². The summed E-state index contributed by atoms with van der Waals surface area (Å²) in [4.78, 5) is 27.9. The van der Waals surface area contributed by atoms with Crippen molar-refractivity contribution in [3.05, 3.63) is 75.9 Å². The second-order valence-corrected chi connectivity index (χ2v) is 7.71. The van der Waals surface area contributed by atoms with Crippen molar-refractivity contribution in [2.45, 2.75) is 25.9 Å². The van der Waals surface area contributed by atoms with Crippen molar-refractivity contribution >= 4 is 22.8 Å². The predicted molar refractivity (Wildman–Crippen MR) is 119 cm³/mol. The minimum absolute atomic E-state index is 0.131. The summed E-state index contributed by atoms with van der Waals surface area (Å²) >= 11 is 0. The lowest BCUT2D eigenvalue weighted by molar-refractivity contribution is -0.383. The van der Waals surface area contributed by atoms with E-state index in [0.717, 1.165) is 24.2 Å². The van der Waals surface area contributed by atoms with Crippen molar-refractivity contribution in [1.29, 1.82) is 0 Å². The first kappa shape index (κ1) is 21.5. The second-order valence-electron chi connectivity index (χ2n) is 7.71. The SMILES string of the molecule is Cc1cc(Nc2ccc(C(=O)c3nccn3C)cc2[N+](=O)[O-])ccc1OC1CCOCC1. The lowest BCUT2D eigenvalue weighted by Crippen LogP contribution is -2.26. The fourth-order valence-corrected chi connectivity index (χ4v) is 3.63. The van der Waals surface area contributed by atoms with Crippen molar-refractivity contribution in [3.63, 3.8) is 0 Å². The summed E-state index contributed by atoms with van der Waals surface area (Å²) in [6.45, 7) is 3.33. The van der Waals surface area contributed by atoms with E-state index >= 15 is 0 Å². The molecule has 9 nitrogen and oxygen atoms in total. The molecule has 2 heterocycles. The fourth-order valence-electron chi connectivity index (χ4n) is 3.63. The molecule has 4 rings (SSSR count). The van der Waals surface area contributed by atoms with Gasteiger partial charge in [0.1, 0.15) is 17.5 Å². The van der Waals surface area contributed by atoms with E-state index in [4.69, 9.17) is 9.47 Å². The molecule has 1 N–H and O–H groups in total. The number of nitrogens with zero attached hydrogens (tertiary/aromatic N) is 3. The highest BCUT2D eigenvalue weighted by atomic mass is 16.6. The lowest BCUT2D eigenvalue weighted by Gasteiger charge is -2.24. The molecular formula is C23H24N4O5. The molecule has 0 radical (unpaired) electrons. The van der Waals surface area contributed by atoms with Gasteiger partial charge >= 0.3 is 0 Å². The monoisotopic (exact) mass is 436 g/mol. The molecule has 0 amide bonds. The Bertz CT molecular complexity index is 1150. The number of carbonyl (C=O) groups excluding carboxylic acids is 1. The van der Waals surface area contributed by atoms with Crippen LogP contribution in [0.5, 0.6) is 5.75 Å². The van der Waals surface area contributed by atoms with Crippen LogP contribution in [0.3, 0.4) is 0 Å². The van der Waals surface area contributed by atoms with Gasteiger partial charge < -0.3 is 19.4 Å². The van der Waals surface area contributed by atoms with E-state index in [-0.39, 0.29) is 29.0 Å². The molecule has 2 aromatic carbocycles. The van der Waals surface area contributed by atoms with Gasteiger partial charge in [-0.1, -0.05) is 0 Å². The third-order valence-electron chi connectivity index (χ3n) is 5.40. The third kappa shape index (κ3) is 4.62. The Morgan fingerprint density at radius 1 is 1.25 bits per heavy atom. The average molecular weight is 436 g/mol. The number of nitro benzene ring substituents is 1. The number of aryl methyl sites for hydroxylation is 2. The van der Waals surface area contributed by atoms with E-state index in [2.05, 4.69) is 10.3 Å². The Kier molecular flexibility index (Phi) is 6.18. The number of carbonyl (C=O) groups is 1. The first-order valence-corrected chi connectivity index (χ1v) is 10.3. The maximum Gasteiger partial charge on any atom is 0.293 e. The lowest BCUT2D eigenvalue weighted by atomic mass is 10.1. The average Bonchev–Trinajstić information content (AvgIpc) is 3.22. The number of ketones is 1. The summed E-state index contributed by atoms with van der Waals surface area (Å²) in [5.74, 6) is 0.626. The second kappa shape index (κ2) is 9.19. The Hall–Kier alpha value is -3.72. The highest BCUT2D eigenvalue weighted by molar-refractivity contribution is 6.07. The van der Waals surface area contributed by atoms with Crippen LogP contribution in [0.2, 0.25) is 0 Å². The van der Waals surface area contributed by atoms with Gasteiger partial charge in [0.25, 0.3) is 5.69 Å². The summed E-state index contributed by atoms with van der Waals surface area (Å²) in [5, 5.41) is 14.8. The highest BCUT2D eigenvalue weighted by Gasteiger charge is 2.21. The Morgan fingerprint density at radius 3 is 2.69 bits per heavy atom. The molecule has 1 fully saturated rings. The van der Waals surface area contributed by atoms with Crippen LogP contribution < -0.4 is 10.1 Å². The number of nitrogens with one attached hydrogen (secondary N) is 1. The van der Waals surface area contributed by atoms with Crippen LogP contribution in [-0.2, 0) is 11.8 Å². The number of nitro groups is 1. The van der Waals surface area contributed by atoms with Gasteiger partial charge in [-0.15, -0.1) is 0 Å². The minimum Gasteiger partial charge on any atom is -0.490 e. The van der Waals surface area contributed by atoms with Crippen LogP contribution in [0.4, 0.5) is 17.1 Å². The zero-order chi connectivity index (χ0) is 22.7. The maximum absolute atomic E-state index is 12.7. The van der Waals surface area contributed by atoms with Gasteiger partial charge in [0.2, 0.25) is 5.78 Å². The van der Waals surface area contributed by atoms with Crippen LogP contribution in [0.1, 0.15) is 34.6 Å². The normalized spacial score (nSPS) is 14.2. The molecule has 0 saturated carbocycles. The number of hydrogen-bond donors (Lipinski definition) is 1. The zero-order valence-electron chi connectivity index (χ0n) is 17.9. The van der Waals surface area contributed by atoms with E-state index in [1.807, 2.05) is 25.1 Å². The fraction of sp³-hybridized carbons (Fsp3) is 0.304. The van der Waals surface area contributed by atoms with Crippen molar-refractivity contribution in [1.82, 2.24) is 9.55 Å². The van der Waals surface area contributed by atoms with Crippen molar-refractivity contribution in [3.8, 4) is 5.75 Å². The molecule has 0 spiro atoms. The quantitative estimate of drug-likeness (QED) is 0.336. The molecule has 0 aliphatic carbocycles. The summed E-state index contributed by atoms with van der Waals surface area (Å²) in [6, 6.07) is 9.92. The molecule has 32 heavy (non-hydrogen) atoms. The number of rotatable bonds is 7. The van der Waals surface area contributed by atoms with Gasteiger partial charge in [-0.3, -0.25) is 14.9 Å². The topological polar surface area (TPSA) is 109 Å². The highest BCUT2D eigenvalue weighted by Crippen LogP contribution is 2.32. The van der Waals surface area contributed by atoms with Crippen molar-refractivity contribution in [2.24, 2.45) is 7.05 Å². The minimum atomic E-state index is -0.507. The van der Waals surface area contributed by atoms with Crippen LogP contribution in [-0.4, -0.2) is 39.6 Å². The molecule has 1 aromatic heterocycles. The van der Waals surface area contributed by atoms with E-state index < -0.39 is 4.92 Å². The van der Waals surface area contributed by atoms with Crippen LogP contribution in [0, 0.1) is 17.0 Å². The summed E-state index contributed by atoms with van der Waals surface area (Å²) in [7, 11) is 1.70. The first-order chi connectivity index (χ1) is 15.4. The standard InChI is InChI=1S/C23H24N4O5/c1-15-13-17(4-6-21(15)32-18-7-11-31-12-8-18)25-19-5-3-16(14-20(19)27(29)30)22(28)23-24-9-10-26(23)2/h3-6,9-10,13-14,18,25H,7-8,11-12H2,1-2H3. The summed E-state index contributed by atoms with van der Waals surface area (Å²) in [6.07, 6.45) is 5.00. The largest absolute Gasteiger partial charge is 0.490 e. The number of imidazole rings is 1. The number of hydrogen-bond acceptors (Lipinski definition) is 7. The molecule has 1 aliphatic heterocycles. The van der Waals surface area contributed by atoms with Crippen molar-refractivity contribution < 1.29 is 19.2 Å². The van der Waals surface area contributed by atoms with Crippen LogP contribution in [0.25, 0.3) is 0 Å². The molecule has 166 valence electrons. The Labute approximate surface area is 185 Å². The van der Waals surface area contributed by atoms with Gasteiger partial charge in [-0.05, 0) is 42.8 Å². The molecular weight excluding hydrogens is 412 g/mol. The molecule has 0 unspecified atom stereocenters. The summed E-state index contributed by atoms with van der Waals surface area (Å²) < 4.78 is 13.0. The Balaban J connectivity index is 1.54. The molecule has 3 aromatic rings. The van der Waals surface area contributed by atoms with E-state index in [9.17, 15) is 14.9 Å². The number of aromatic nitrogens is 2. The number of anilines is 2. The van der Waals surface area contributed by atoms with Crippen LogP contribution in [0.15, 0.2) is 48.8 Å². The smallest absolute Gasteiger partial charge is 0.293 e. The molecule has 1 saturated heterocycles. The van der Waals surface area contributed by atoms with E-state index in [0.29, 0.717) is 24.6 Å². The van der Waals surface area contributed by atoms with Gasteiger partial charge in [0.15, 0.2) is 5.82 Å². The number of ether oxygens (including phenoxy) is 2. The molecule has 0 bridgehead atoms. The van der Waals surface area contributed by atoms with Crippen molar-refractivity contribution in [2.75, 3.05) is 18.5 Å². The molecule has 0 atom stereocenters. The molecule has 1 aliphatic rings. The Morgan fingerprint density at radius 2 is 2.03 bits per heavy atom. The third-order valence-corrected chi connectivity index (χ3v) is 5.40. The van der Waals surface area contributed by atoms with Gasteiger partial charge in [0.05, 0.1) is 18.1 Å².